The van der Waals surface area contributed by atoms with Gasteiger partial charge in [-0.2, -0.15) is 0 Å². The predicted octanol–water partition coefficient (Wildman–Crippen LogP) is 4.70. The Hall–Kier alpha value is -2.52. The number of alkyl carbamates (subject to hydrolysis) is 1. The molecule has 0 heterocycles. The Morgan fingerprint density at radius 1 is 1.00 bits per heavy atom. The van der Waals surface area contributed by atoms with E-state index in [-0.39, 0.29) is 31.4 Å². The first kappa shape index (κ1) is 28.7. The summed E-state index contributed by atoms with van der Waals surface area (Å²) in [5.41, 5.74) is 1.80. The van der Waals surface area contributed by atoms with Crippen LogP contribution in [0.1, 0.15) is 31.9 Å². The summed E-state index contributed by atoms with van der Waals surface area (Å²) in [5, 5.41) is 13.6. The fourth-order valence-corrected chi connectivity index (χ4v) is 4.04. The summed E-state index contributed by atoms with van der Waals surface area (Å²) in [6.45, 7) is 11.1. The number of nitrogens with one attached hydrogen (secondary N) is 1. The molecule has 2 aromatic rings. The van der Waals surface area contributed by atoms with Crippen LogP contribution >= 0.6 is 0 Å². The maximum Gasteiger partial charge on any atom is 0.407 e. The number of hydrogen-bond acceptors (Lipinski definition) is 6. The highest BCUT2D eigenvalue weighted by Crippen LogP contribution is 2.36. The number of aliphatic hydroxyl groups excluding tert-OH is 1. The Balaban J connectivity index is 1.99. The van der Waals surface area contributed by atoms with Gasteiger partial charge in [-0.05, 0) is 29.3 Å². The molecule has 0 saturated heterocycles. The minimum atomic E-state index is -2.12. The van der Waals surface area contributed by atoms with E-state index in [1.807, 2.05) is 60.7 Å². The summed E-state index contributed by atoms with van der Waals surface area (Å²) in [6, 6.07) is 18.9. The number of ether oxygens (including phenoxy) is 2. The van der Waals surface area contributed by atoms with E-state index >= 15 is 0 Å². The van der Waals surface area contributed by atoms with Crippen LogP contribution < -0.4 is 5.32 Å². The number of aliphatic hydroxyl groups is 1. The van der Waals surface area contributed by atoms with Crippen LogP contribution in [0.2, 0.25) is 18.1 Å². The van der Waals surface area contributed by atoms with Crippen LogP contribution in [0.3, 0.4) is 0 Å². The first-order valence-electron chi connectivity index (χ1n) is 11.9. The number of benzene rings is 2. The van der Waals surface area contributed by atoms with Crippen LogP contribution in [0.4, 0.5) is 4.79 Å². The van der Waals surface area contributed by atoms with Crippen molar-refractivity contribution in [2.24, 2.45) is 5.92 Å². The van der Waals surface area contributed by atoms with E-state index in [9.17, 15) is 14.7 Å². The molecule has 3 atom stereocenters. The third kappa shape index (κ3) is 9.56. The summed E-state index contributed by atoms with van der Waals surface area (Å²) >= 11 is 0. The van der Waals surface area contributed by atoms with Gasteiger partial charge in [0.05, 0.1) is 25.2 Å². The molecular formula is C27H39NO6Si. The van der Waals surface area contributed by atoms with Crippen molar-refractivity contribution in [1.29, 1.82) is 0 Å². The molecule has 0 unspecified atom stereocenters. The monoisotopic (exact) mass is 501 g/mol. The van der Waals surface area contributed by atoms with E-state index in [0.29, 0.717) is 6.29 Å². The van der Waals surface area contributed by atoms with Gasteiger partial charge in [-0.3, -0.25) is 0 Å². The van der Waals surface area contributed by atoms with Crippen molar-refractivity contribution >= 4 is 20.7 Å². The summed E-state index contributed by atoms with van der Waals surface area (Å²) in [5.74, 6) is -0.886. The zero-order valence-electron chi connectivity index (χ0n) is 21.4. The van der Waals surface area contributed by atoms with Gasteiger partial charge < -0.3 is 29.1 Å². The Labute approximate surface area is 209 Å². The van der Waals surface area contributed by atoms with Crippen LogP contribution in [0, 0.1) is 5.92 Å². The summed E-state index contributed by atoms with van der Waals surface area (Å²) in [7, 11) is -2.12. The summed E-state index contributed by atoms with van der Waals surface area (Å²) < 4.78 is 17.5. The molecule has 2 rings (SSSR count). The lowest BCUT2D eigenvalue weighted by molar-refractivity contribution is -0.123. The van der Waals surface area contributed by atoms with Crippen molar-refractivity contribution in [3.8, 4) is 0 Å². The number of aldehydes is 1. The van der Waals surface area contributed by atoms with Crippen molar-refractivity contribution in [2.75, 3.05) is 13.2 Å². The van der Waals surface area contributed by atoms with Gasteiger partial charge in [-0.15, -0.1) is 0 Å². The van der Waals surface area contributed by atoms with Gasteiger partial charge in [0.1, 0.15) is 19.0 Å². The molecule has 0 aliphatic heterocycles. The molecule has 2 N–H and O–H groups in total. The lowest BCUT2D eigenvalue weighted by Gasteiger charge is -2.38. The standard InChI is InChI=1S/C27H39NO6Si/c1-27(2,3)35(4,5)34-20-24(32-18-21-12-8-6-9-13-21)25(30)23(17-29)16-28-26(31)33-19-22-14-10-7-11-15-22/h6-15,17,23-25,30H,16,18-20H2,1-5H3,(H,28,31)/t23-,24-,25-/m1/s1. The molecule has 0 saturated carbocycles. The van der Waals surface area contributed by atoms with E-state index in [1.54, 1.807) is 0 Å². The second-order valence-corrected chi connectivity index (χ2v) is 14.9. The lowest BCUT2D eigenvalue weighted by Crippen LogP contribution is -2.48. The SMILES string of the molecule is CC(C)(C)[Si](C)(C)OC[C@@H](OCc1ccccc1)[C@H](O)[C@@H](C=O)CNC(=O)OCc1ccccc1. The fourth-order valence-electron chi connectivity index (χ4n) is 3.03. The van der Waals surface area contributed by atoms with Crippen LogP contribution in [0.25, 0.3) is 0 Å². The third-order valence-electron chi connectivity index (χ3n) is 6.41. The van der Waals surface area contributed by atoms with Gasteiger partial charge in [0.2, 0.25) is 0 Å². The average Bonchev–Trinajstić information content (AvgIpc) is 2.83. The van der Waals surface area contributed by atoms with Gasteiger partial charge in [-0.1, -0.05) is 81.4 Å². The van der Waals surface area contributed by atoms with Crippen LogP contribution in [-0.4, -0.2) is 51.2 Å². The number of rotatable bonds is 13. The molecule has 35 heavy (non-hydrogen) atoms. The van der Waals surface area contributed by atoms with Gasteiger partial charge in [-0.25, -0.2) is 4.79 Å². The maximum absolute atomic E-state index is 12.1. The van der Waals surface area contributed by atoms with E-state index in [2.05, 4.69) is 39.2 Å². The van der Waals surface area contributed by atoms with Gasteiger partial charge in [0.15, 0.2) is 8.32 Å². The minimum Gasteiger partial charge on any atom is -0.445 e. The zero-order valence-corrected chi connectivity index (χ0v) is 22.4. The molecule has 192 valence electrons. The minimum absolute atomic E-state index is 0.0178. The van der Waals surface area contributed by atoms with Crippen molar-refractivity contribution in [3.63, 3.8) is 0 Å². The van der Waals surface area contributed by atoms with Gasteiger partial charge in [0.25, 0.3) is 0 Å². The van der Waals surface area contributed by atoms with E-state index in [1.165, 1.54) is 0 Å². The molecule has 0 aromatic heterocycles. The van der Waals surface area contributed by atoms with Crippen LogP contribution in [0.15, 0.2) is 60.7 Å². The quantitative estimate of drug-likeness (QED) is 0.305. The number of hydrogen-bond donors (Lipinski definition) is 2. The molecule has 1 amide bonds. The Kier molecular flexibility index (Phi) is 11.1. The summed E-state index contributed by atoms with van der Waals surface area (Å²) in [6.07, 6.45) is -1.95. The molecule has 2 aromatic carbocycles. The molecular weight excluding hydrogens is 462 g/mol. The second kappa shape index (κ2) is 13.5. The third-order valence-corrected chi connectivity index (χ3v) is 10.9. The van der Waals surface area contributed by atoms with Crippen molar-refractivity contribution in [1.82, 2.24) is 5.32 Å². The van der Waals surface area contributed by atoms with Crippen LogP contribution in [0.5, 0.6) is 0 Å². The van der Waals surface area contributed by atoms with Crippen molar-refractivity contribution in [2.45, 2.75) is 64.3 Å². The predicted molar refractivity (Wildman–Crippen MR) is 138 cm³/mol. The normalized spacial score (nSPS) is 14.6. The van der Waals surface area contributed by atoms with Crippen molar-refractivity contribution < 1.29 is 28.6 Å². The largest absolute Gasteiger partial charge is 0.445 e. The highest BCUT2D eigenvalue weighted by atomic mass is 28.4. The van der Waals surface area contributed by atoms with Crippen molar-refractivity contribution in [3.05, 3.63) is 71.8 Å². The fraction of sp³-hybridized carbons (Fsp3) is 0.481. The van der Waals surface area contributed by atoms with Gasteiger partial charge >= 0.3 is 6.09 Å². The Bertz CT molecular complexity index is 901. The first-order chi connectivity index (χ1) is 16.5. The molecule has 0 bridgehead atoms. The highest BCUT2D eigenvalue weighted by Gasteiger charge is 2.39. The van der Waals surface area contributed by atoms with E-state index in [0.717, 1.165) is 11.1 Å². The molecule has 0 fully saturated rings. The molecule has 0 aliphatic carbocycles. The van der Waals surface area contributed by atoms with Crippen LogP contribution in [-0.2, 0) is 31.9 Å². The average molecular weight is 502 g/mol. The zero-order chi connectivity index (χ0) is 25.9. The summed E-state index contributed by atoms with van der Waals surface area (Å²) in [4.78, 5) is 24.0. The number of carbonyl (C=O) groups is 2. The first-order valence-corrected chi connectivity index (χ1v) is 14.8. The topological polar surface area (TPSA) is 94.1 Å². The highest BCUT2D eigenvalue weighted by molar-refractivity contribution is 6.74. The number of amides is 1. The van der Waals surface area contributed by atoms with Gasteiger partial charge in [0, 0.05) is 6.54 Å². The smallest absolute Gasteiger partial charge is 0.407 e. The maximum atomic E-state index is 12.1. The second-order valence-electron chi connectivity index (χ2n) is 10.1. The lowest BCUT2D eigenvalue weighted by atomic mass is 9.99. The van der Waals surface area contributed by atoms with E-state index < -0.39 is 32.5 Å². The Morgan fingerprint density at radius 2 is 1.54 bits per heavy atom. The molecule has 0 radical (unpaired) electrons. The Morgan fingerprint density at radius 3 is 2.06 bits per heavy atom. The van der Waals surface area contributed by atoms with E-state index in [4.69, 9.17) is 13.9 Å². The molecule has 0 spiro atoms. The number of carbonyl (C=O) groups excluding carboxylic acids is 2. The molecule has 8 heteroatoms. The molecule has 7 nitrogen and oxygen atoms in total. The molecule has 0 aliphatic rings.